The van der Waals surface area contributed by atoms with Crippen LogP contribution in [-0.2, 0) is 26.1 Å². The summed E-state index contributed by atoms with van der Waals surface area (Å²) in [6, 6.07) is 4.17. The van der Waals surface area contributed by atoms with Crippen molar-refractivity contribution >= 4 is 27.5 Å². The Labute approximate surface area is 163 Å². The Bertz CT molecular complexity index is 820. The van der Waals surface area contributed by atoms with E-state index in [0.717, 1.165) is 5.56 Å². The Morgan fingerprint density at radius 1 is 1.37 bits per heavy atom. The third kappa shape index (κ3) is 4.60. The number of rotatable bonds is 4. The van der Waals surface area contributed by atoms with Crippen LogP contribution >= 0.6 is 11.6 Å². The van der Waals surface area contributed by atoms with Crippen LogP contribution in [-0.4, -0.2) is 86.7 Å². The van der Waals surface area contributed by atoms with E-state index in [-0.39, 0.29) is 35.9 Å². The van der Waals surface area contributed by atoms with Gasteiger partial charge in [-0.15, -0.1) is 0 Å². The van der Waals surface area contributed by atoms with Crippen molar-refractivity contribution in [2.24, 2.45) is 0 Å². The Hall–Kier alpha value is -1.26. The molecule has 27 heavy (non-hydrogen) atoms. The predicted octanol–water partition coefficient (Wildman–Crippen LogP) is 0.782. The highest BCUT2D eigenvalue weighted by atomic mass is 35.5. The van der Waals surface area contributed by atoms with E-state index >= 15 is 0 Å². The lowest BCUT2D eigenvalue weighted by Gasteiger charge is -2.28. The quantitative estimate of drug-likeness (QED) is 0.721. The maximum Gasteiger partial charge on any atom is 0.237 e. The van der Waals surface area contributed by atoms with E-state index in [0.29, 0.717) is 19.6 Å². The molecule has 1 aromatic rings. The van der Waals surface area contributed by atoms with Gasteiger partial charge >= 0.3 is 0 Å². The van der Waals surface area contributed by atoms with Crippen LogP contribution in [0.4, 0.5) is 4.39 Å². The molecule has 7 nitrogen and oxygen atoms in total. The maximum atomic E-state index is 13.7. The molecule has 0 N–H and O–H groups in total. The highest BCUT2D eigenvalue weighted by Gasteiger charge is 2.45. The molecule has 1 amide bonds. The fourth-order valence-electron chi connectivity index (χ4n) is 3.42. The minimum atomic E-state index is -3.59. The molecule has 0 unspecified atom stereocenters. The Morgan fingerprint density at radius 3 is 2.78 bits per heavy atom. The van der Waals surface area contributed by atoms with E-state index in [9.17, 15) is 17.6 Å². The van der Waals surface area contributed by atoms with Gasteiger partial charge in [0.15, 0.2) is 0 Å². The number of fused-ring (bicyclic) bond motifs is 1. The molecule has 2 heterocycles. The molecule has 0 saturated carbocycles. The van der Waals surface area contributed by atoms with E-state index in [1.165, 1.54) is 21.3 Å². The number of hydrogen-bond donors (Lipinski definition) is 0. The number of sulfonamides is 1. The zero-order valence-electron chi connectivity index (χ0n) is 15.3. The molecule has 2 aliphatic rings. The number of likely N-dealkylation sites (N-methyl/N-ethyl adjacent to an activating group) is 1. The number of hydrogen-bond acceptors (Lipinski definition) is 5. The summed E-state index contributed by atoms with van der Waals surface area (Å²) in [6.45, 7) is 1.26. The molecule has 2 aliphatic heterocycles. The number of likely N-dealkylation sites (tertiary alicyclic amines) is 1. The van der Waals surface area contributed by atoms with Gasteiger partial charge in [-0.05, 0) is 17.7 Å². The average Bonchev–Trinajstić information content (AvgIpc) is 2.92. The summed E-state index contributed by atoms with van der Waals surface area (Å²) in [7, 11) is -0.407. The van der Waals surface area contributed by atoms with Crippen LogP contribution in [0.5, 0.6) is 0 Å². The molecule has 150 valence electrons. The van der Waals surface area contributed by atoms with Crippen molar-refractivity contribution in [1.29, 1.82) is 0 Å². The number of nitrogens with zero attached hydrogens (tertiary/aromatic N) is 3. The first kappa shape index (κ1) is 20.5. The number of halogens is 2. The van der Waals surface area contributed by atoms with Gasteiger partial charge in [-0.1, -0.05) is 17.7 Å². The second-order valence-corrected chi connectivity index (χ2v) is 9.52. The number of benzene rings is 1. The maximum absolute atomic E-state index is 13.7. The van der Waals surface area contributed by atoms with Crippen molar-refractivity contribution in [3.05, 3.63) is 34.6 Å². The summed E-state index contributed by atoms with van der Waals surface area (Å²) in [5, 5.41) is 0.0631. The second-order valence-electron chi connectivity index (χ2n) is 7.07. The van der Waals surface area contributed by atoms with Gasteiger partial charge in [-0.3, -0.25) is 9.69 Å². The summed E-state index contributed by atoms with van der Waals surface area (Å²) in [6.07, 6.45) is -0.325. The van der Waals surface area contributed by atoms with E-state index in [2.05, 4.69) is 0 Å². The Balaban J connectivity index is 1.78. The smallest absolute Gasteiger partial charge is 0.237 e. The number of ether oxygens (including phenoxy) is 1. The lowest BCUT2D eigenvalue weighted by atomic mass is 10.2. The van der Waals surface area contributed by atoms with Crippen LogP contribution in [0.15, 0.2) is 18.2 Å². The summed E-state index contributed by atoms with van der Waals surface area (Å²) in [5.41, 5.74) is 0.743. The van der Waals surface area contributed by atoms with Crippen molar-refractivity contribution in [3.8, 4) is 0 Å². The van der Waals surface area contributed by atoms with Crippen LogP contribution in [0.3, 0.4) is 0 Å². The highest BCUT2D eigenvalue weighted by molar-refractivity contribution is 7.89. The van der Waals surface area contributed by atoms with Gasteiger partial charge in [-0.25, -0.2) is 12.8 Å². The third-order valence-corrected chi connectivity index (χ3v) is 7.00. The van der Waals surface area contributed by atoms with Crippen molar-refractivity contribution < 1.29 is 22.3 Å². The Kier molecular flexibility index (Phi) is 6.07. The summed E-state index contributed by atoms with van der Waals surface area (Å²) in [5.74, 6) is -0.902. The molecule has 0 spiro atoms. The van der Waals surface area contributed by atoms with Gasteiger partial charge in [-0.2, -0.15) is 4.31 Å². The van der Waals surface area contributed by atoms with Gasteiger partial charge in [0.1, 0.15) is 5.82 Å². The normalized spacial score (nSPS) is 25.8. The van der Waals surface area contributed by atoms with Crippen molar-refractivity contribution in [2.45, 2.75) is 18.7 Å². The SMILES string of the molecule is CN(C)C(=O)CN1[C@@H]2CN(Cc3ccc(Cl)c(F)c3)C[C@@H]2OCCS1(=O)=O. The lowest BCUT2D eigenvalue weighted by Crippen LogP contribution is -2.50. The zero-order chi connectivity index (χ0) is 19.8. The van der Waals surface area contributed by atoms with Crippen molar-refractivity contribution in [1.82, 2.24) is 14.1 Å². The first-order valence-corrected chi connectivity index (χ1v) is 10.6. The van der Waals surface area contributed by atoms with Gasteiger partial charge in [0.2, 0.25) is 15.9 Å². The fraction of sp³-hybridized carbons (Fsp3) is 0.588. The monoisotopic (exact) mass is 419 g/mol. The van der Waals surface area contributed by atoms with Crippen LogP contribution in [0.2, 0.25) is 5.02 Å². The van der Waals surface area contributed by atoms with Crippen LogP contribution < -0.4 is 0 Å². The molecular formula is C17H23ClFN3O4S. The second kappa shape index (κ2) is 8.00. The average molecular weight is 420 g/mol. The summed E-state index contributed by atoms with van der Waals surface area (Å²) in [4.78, 5) is 15.5. The van der Waals surface area contributed by atoms with Crippen LogP contribution in [0, 0.1) is 5.82 Å². The molecule has 10 heteroatoms. The summed E-state index contributed by atoms with van der Waals surface area (Å²) < 4.78 is 46.0. The Morgan fingerprint density at radius 2 is 2.11 bits per heavy atom. The predicted molar refractivity (Wildman–Crippen MR) is 99.4 cm³/mol. The zero-order valence-corrected chi connectivity index (χ0v) is 16.8. The van der Waals surface area contributed by atoms with Crippen molar-refractivity contribution in [3.63, 3.8) is 0 Å². The lowest BCUT2D eigenvalue weighted by molar-refractivity contribution is -0.129. The first-order chi connectivity index (χ1) is 12.7. The molecule has 0 aliphatic carbocycles. The van der Waals surface area contributed by atoms with E-state index in [1.807, 2.05) is 4.90 Å². The molecule has 2 saturated heterocycles. The third-order valence-electron chi connectivity index (χ3n) is 4.89. The van der Waals surface area contributed by atoms with Crippen molar-refractivity contribution in [2.75, 3.05) is 46.1 Å². The molecule has 0 bridgehead atoms. The molecular weight excluding hydrogens is 397 g/mol. The topological polar surface area (TPSA) is 70.2 Å². The van der Waals surface area contributed by atoms with Gasteiger partial charge < -0.3 is 9.64 Å². The number of carbonyl (C=O) groups excluding carboxylic acids is 1. The molecule has 3 rings (SSSR count). The molecule has 2 fully saturated rings. The summed E-state index contributed by atoms with van der Waals surface area (Å²) >= 11 is 5.72. The molecule has 0 radical (unpaired) electrons. The van der Waals surface area contributed by atoms with Crippen LogP contribution in [0.1, 0.15) is 5.56 Å². The van der Waals surface area contributed by atoms with Gasteiger partial charge in [0.25, 0.3) is 0 Å². The minimum absolute atomic E-state index is 0.0631. The fourth-order valence-corrected chi connectivity index (χ4v) is 5.00. The van der Waals surface area contributed by atoms with Gasteiger partial charge in [0.05, 0.1) is 36.1 Å². The van der Waals surface area contributed by atoms with Gasteiger partial charge in [0, 0.05) is 33.7 Å². The highest BCUT2D eigenvalue weighted by Crippen LogP contribution is 2.27. The van der Waals surface area contributed by atoms with Crippen LogP contribution in [0.25, 0.3) is 0 Å². The number of amides is 1. The number of carbonyl (C=O) groups is 1. The standard InChI is InChI=1S/C17H23ClFN3O4S/c1-20(2)17(23)11-22-15-9-21(8-12-3-4-13(18)14(19)7-12)10-16(15)26-5-6-27(22,24)25/h3-4,7,15-16H,5-6,8-11H2,1-2H3/t15-,16+/m1/s1. The molecule has 0 aromatic heterocycles. The molecule has 2 atom stereocenters. The first-order valence-electron chi connectivity index (χ1n) is 8.65. The minimum Gasteiger partial charge on any atom is -0.374 e. The van der Waals surface area contributed by atoms with E-state index in [4.69, 9.17) is 16.3 Å². The van der Waals surface area contributed by atoms with E-state index in [1.54, 1.807) is 20.2 Å². The molecule has 1 aromatic carbocycles. The van der Waals surface area contributed by atoms with E-state index < -0.39 is 21.9 Å². The largest absolute Gasteiger partial charge is 0.374 e.